The second kappa shape index (κ2) is 5.59. The maximum Gasteiger partial charge on any atom is 0.238 e. The number of carbonyl (C=O) groups excluding carboxylic acids is 1. The number of anilines is 1. The van der Waals surface area contributed by atoms with Crippen molar-refractivity contribution in [1.29, 1.82) is 0 Å². The molecule has 0 atom stereocenters. The van der Waals surface area contributed by atoms with Crippen molar-refractivity contribution in [2.45, 2.75) is 6.42 Å². The summed E-state index contributed by atoms with van der Waals surface area (Å²) in [5.41, 5.74) is 0.241. The summed E-state index contributed by atoms with van der Waals surface area (Å²) < 4.78 is 13.3. The zero-order chi connectivity index (χ0) is 12.1. The number of halogens is 1. The molecule has 1 aromatic carbocycles. The van der Waals surface area contributed by atoms with Gasteiger partial charge in [-0.1, -0.05) is 24.3 Å². The molecule has 3 nitrogen and oxygen atoms in total. The zero-order valence-electron chi connectivity index (χ0n) is 9.53. The molecule has 1 N–H and O–H groups in total. The molecule has 1 amide bonds. The average molecular weight is 234 g/mol. The molecule has 0 radical (unpaired) electrons. The zero-order valence-corrected chi connectivity index (χ0v) is 9.53. The summed E-state index contributed by atoms with van der Waals surface area (Å²) in [7, 11) is 0. The first-order valence-electron chi connectivity index (χ1n) is 5.67. The molecule has 0 aromatic heterocycles. The molecule has 0 spiro atoms. The fraction of sp³-hybridized carbons (Fsp3) is 0.308. The molecule has 90 valence electrons. The Kier molecular flexibility index (Phi) is 3.88. The van der Waals surface area contributed by atoms with E-state index in [1.165, 1.54) is 6.07 Å². The summed E-state index contributed by atoms with van der Waals surface area (Å²) in [5, 5.41) is 2.58. The highest BCUT2D eigenvalue weighted by Crippen LogP contribution is 2.12. The Balaban J connectivity index is 1.89. The Hall–Kier alpha value is -1.68. The Labute approximate surface area is 99.9 Å². The van der Waals surface area contributed by atoms with Gasteiger partial charge in [-0.15, -0.1) is 0 Å². The number of hydrogen-bond donors (Lipinski definition) is 1. The van der Waals surface area contributed by atoms with Crippen LogP contribution in [0.1, 0.15) is 6.42 Å². The van der Waals surface area contributed by atoms with Gasteiger partial charge < -0.3 is 5.32 Å². The Morgan fingerprint density at radius 1 is 1.35 bits per heavy atom. The molecule has 0 fully saturated rings. The topological polar surface area (TPSA) is 32.3 Å². The number of nitrogens with zero attached hydrogens (tertiary/aromatic N) is 1. The minimum absolute atomic E-state index is 0.176. The molecular formula is C13H15FN2O. The van der Waals surface area contributed by atoms with E-state index in [9.17, 15) is 9.18 Å². The summed E-state index contributed by atoms with van der Waals surface area (Å²) >= 11 is 0. The Morgan fingerprint density at radius 2 is 2.18 bits per heavy atom. The second-order valence-electron chi connectivity index (χ2n) is 4.02. The Bertz CT molecular complexity index is 431. The minimum Gasteiger partial charge on any atom is -0.322 e. The van der Waals surface area contributed by atoms with Crippen molar-refractivity contribution in [1.82, 2.24) is 4.90 Å². The average Bonchev–Trinajstić information content (AvgIpc) is 2.33. The van der Waals surface area contributed by atoms with Crippen LogP contribution in [0, 0.1) is 5.82 Å². The number of nitrogens with one attached hydrogen (secondary N) is 1. The third kappa shape index (κ3) is 3.39. The van der Waals surface area contributed by atoms with Gasteiger partial charge in [-0.2, -0.15) is 0 Å². The monoisotopic (exact) mass is 234 g/mol. The molecule has 4 heteroatoms. The lowest BCUT2D eigenvalue weighted by atomic mass is 10.2. The van der Waals surface area contributed by atoms with Crippen molar-refractivity contribution in [3.8, 4) is 0 Å². The van der Waals surface area contributed by atoms with E-state index in [4.69, 9.17) is 0 Å². The first kappa shape index (κ1) is 11.8. The molecule has 1 aliphatic rings. The van der Waals surface area contributed by atoms with Crippen LogP contribution in [0.25, 0.3) is 0 Å². The molecule has 0 aliphatic carbocycles. The van der Waals surface area contributed by atoms with Crippen molar-refractivity contribution >= 4 is 11.6 Å². The highest BCUT2D eigenvalue weighted by molar-refractivity contribution is 5.92. The van der Waals surface area contributed by atoms with Crippen LogP contribution in [0.4, 0.5) is 10.1 Å². The summed E-state index contributed by atoms with van der Waals surface area (Å²) in [6.07, 6.45) is 5.11. The SMILES string of the molecule is O=C(CN1CC=CCC1)Nc1ccccc1F. The lowest BCUT2D eigenvalue weighted by Gasteiger charge is -2.22. The van der Waals surface area contributed by atoms with Crippen molar-refractivity contribution in [3.63, 3.8) is 0 Å². The third-order valence-corrected chi connectivity index (χ3v) is 2.66. The van der Waals surface area contributed by atoms with E-state index in [0.29, 0.717) is 6.54 Å². The van der Waals surface area contributed by atoms with Gasteiger partial charge in [0.25, 0.3) is 0 Å². The smallest absolute Gasteiger partial charge is 0.238 e. The predicted molar refractivity (Wildman–Crippen MR) is 65.2 cm³/mol. The van der Waals surface area contributed by atoms with E-state index in [0.717, 1.165) is 19.5 Å². The van der Waals surface area contributed by atoms with Gasteiger partial charge in [0.15, 0.2) is 0 Å². The number of rotatable bonds is 3. The fourth-order valence-electron chi connectivity index (χ4n) is 1.79. The minimum atomic E-state index is -0.403. The predicted octanol–water partition coefficient (Wildman–Crippen LogP) is 2.03. The molecule has 0 saturated heterocycles. The molecule has 0 saturated carbocycles. The van der Waals surface area contributed by atoms with E-state index >= 15 is 0 Å². The standard InChI is InChI=1S/C13H15FN2O/c14-11-6-2-3-7-12(11)15-13(17)10-16-8-4-1-5-9-16/h1-4,6-7H,5,8-10H2,(H,15,17). The molecule has 1 aromatic rings. The molecule has 2 rings (SSSR count). The van der Waals surface area contributed by atoms with Crippen LogP contribution in [0.15, 0.2) is 36.4 Å². The second-order valence-corrected chi connectivity index (χ2v) is 4.02. The van der Waals surface area contributed by atoms with Crippen LogP contribution in [0.2, 0.25) is 0 Å². The summed E-state index contributed by atoms with van der Waals surface area (Å²) in [4.78, 5) is 13.7. The quantitative estimate of drug-likeness (QED) is 0.811. The van der Waals surface area contributed by atoms with E-state index in [1.807, 2.05) is 11.0 Å². The van der Waals surface area contributed by atoms with E-state index in [2.05, 4.69) is 11.4 Å². The third-order valence-electron chi connectivity index (χ3n) is 2.66. The van der Waals surface area contributed by atoms with Crippen molar-refractivity contribution in [3.05, 3.63) is 42.2 Å². The number of benzene rings is 1. The van der Waals surface area contributed by atoms with Crippen LogP contribution in [0.5, 0.6) is 0 Å². The highest BCUT2D eigenvalue weighted by Gasteiger charge is 2.12. The molecule has 1 aliphatic heterocycles. The van der Waals surface area contributed by atoms with Gasteiger partial charge in [0.2, 0.25) is 5.91 Å². The van der Waals surface area contributed by atoms with Gasteiger partial charge in [-0.3, -0.25) is 9.69 Å². The maximum atomic E-state index is 13.3. The van der Waals surface area contributed by atoms with Crippen LogP contribution >= 0.6 is 0 Å². The van der Waals surface area contributed by atoms with Crippen LogP contribution < -0.4 is 5.32 Å². The first-order chi connectivity index (χ1) is 8.25. The van der Waals surface area contributed by atoms with Gasteiger partial charge in [0.05, 0.1) is 12.2 Å². The van der Waals surface area contributed by atoms with Crippen LogP contribution in [-0.4, -0.2) is 30.4 Å². The Morgan fingerprint density at radius 3 is 2.88 bits per heavy atom. The largest absolute Gasteiger partial charge is 0.322 e. The summed E-state index contributed by atoms with van der Waals surface area (Å²) in [6, 6.07) is 6.19. The van der Waals surface area contributed by atoms with Crippen molar-refractivity contribution < 1.29 is 9.18 Å². The van der Waals surface area contributed by atoms with E-state index in [1.54, 1.807) is 18.2 Å². The van der Waals surface area contributed by atoms with Crippen molar-refractivity contribution in [2.75, 3.05) is 25.0 Å². The van der Waals surface area contributed by atoms with Gasteiger partial charge in [0.1, 0.15) is 5.82 Å². The molecule has 17 heavy (non-hydrogen) atoms. The summed E-state index contributed by atoms with van der Waals surface area (Å²) in [5.74, 6) is -0.579. The lowest BCUT2D eigenvalue weighted by Crippen LogP contribution is -2.35. The molecule has 1 heterocycles. The molecule has 0 bridgehead atoms. The molecular weight excluding hydrogens is 219 g/mol. The normalized spacial score (nSPS) is 15.8. The summed E-state index contributed by atoms with van der Waals surface area (Å²) in [6.45, 7) is 1.96. The van der Waals surface area contributed by atoms with Gasteiger partial charge in [-0.25, -0.2) is 4.39 Å². The van der Waals surface area contributed by atoms with Gasteiger partial charge >= 0.3 is 0 Å². The van der Waals surface area contributed by atoms with E-state index < -0.39 is 5.82 Å². The van der Waals surface area contributed by atoms with Crippen LogP contribution in [-0.2, 0) is 4.79 Å². The number of para-hydroxylation sites is 1. The van der Waals surface area contributed by atoms with Gasteiger partial charge in [0, 0.05) is 13.1 Å². The number of carbonyl (C=O) groups is 1. The maximum absolute atomic E-state index is 13.3. The van der Waals surface area contributed by atoms with E-state index in [-0.39, 0.29) is 11.6 Å². The number of amides is 1. The lowest BCUT2D eigenvalue weighted by molar-refractivity contribution is -0.117. The highest BCUT2D eigenvalue weighted by atomic mass is 19.1. The van der Waals surface area contributed by atoms with Gasteiger partial charge in [-0.05, 0) is 18.6 Å². The fourth-order valence-corrected chi connectivity index (χ4v) is 1.79. The van der Waals surface area contributed by atoms with Crippen LogP contribution in [0.3, 0.4) is 0 Å². The number of hydrogen-bond acceptors (Lipinski definition) is 2. The van der Waals surface area contributed by atoms with Crippen molar-refractivity contribution in [2.24, 2.45) is 0 Å². The first-order valence-corrected chi connectivity index (χ1v) is 5.67. The molecule has 0 unspecified atom stereocenters.